The molecule has 0 amide bonds. The fourth-order valence-corrected chi connectivity index (χ4v) is 3.77. The first-order valence-electron chi connectivity index (χ1n) is 10.6. The minimum atomic E-state index is 0. The number of halogens is 1. The second kappa shape index (κ2) is 10.1. The largest absolute Gasteiger partial charge is 0.488 e. The Labute approximate surface area is 202 Å². The summed E-state index contributed by atoms with van der Waals surface area (Å²) in [7, 11) is 0. The maximum atomic E-state index is 9.27. The van der Waals surface area contributed by atoms with E-state index in [9.17, 15) is 5.26 Å². The molecule has 7 nitrogen and oxygen atoms in total. The maximum Gasteiger partial charge on any atom is 0.180 e. The van der Waals surface area contributed by atoms with Gasteiger partial charge in [0.15, 0.2) is 5.82 Å². The van der Waals surface area contributed by atoms with Gasteiger partial charge in [0.2, 0.25) is 0 Å². The van der Waals surface area contributed by atoms with E-state index < -0.39 is 0 Å². The van der Waals surface area contributed by atoms with Crippen molar-refractivity contribution in [1.82, 2.24) is 25.6 Å². The molecular formula is C26H21ClN6O. The van der Waals surface area contributed by atoms with Crippen molar-refractivity contribution in [2.75, 3.05) is 0 Å². The topological polar surface area (TPSA) is 100 Å². The molecule has 0 saturated heterocycles. The molecular weight excluding hydrogens is 448 g/mol. The third-order valence-electron chi connectivity index (χ3n) is 5.50. The van der Waals surface area contributed by atoms with Crippen LogP contribution >= 0.6 is 12.4 Å². The van der Waals surface area contributed by atoms with Crippen molar-refractivity contribution in [1.29, 1.82) is 5.26 Å². The molecule has 3 aromatic carbocycles. The number of nitrogens with zero attached hydrogens (tertiary/aromatic N) is 5. The van der Waals surface area contributed by atoms with Crippen molar-refractivity contribution in [3.63, 3.8) is 0 Å². The molecule has 0 unspecified atom stereocenters. The van der Waals surface area contributed by atoms with Crippen molar-refractivity contribution >= 4 is 23.3 Å². The summed E-state index contributed by atoms with van der Waals surface area (Å²) in [4.78, 5) is 4.65. The number of aromatic nitrogens is 5. The lowest BCUT2D eigenvalue weighted by atomic mass is 9.98. The quantitative estimate of drug-likeness (QED) is 0.352. The molecule has 1 N–H and O–H groups in total. The summed E-state index contributed by atoms with van der Waals surface area (Å²) >= 11 is 0. The van der Waals surface area contributed by atoms with Crippen LogP contribution in [0.3, 0.4) is 0 Å². The number of nitrogens with one attached hydrogen (secondary N) is 1. The normalized spacial score (nSPS) is 10.5. The van der Waals surface area contributed by atoms with E-state index >= 15 is 0 Å². The number of fused-ring (bicyclic) bond motifs is 1. The number of tetrazole rings is 1. The van der Waals surface area contributed by atoms with Crippen LogP contribution in [-0.4, -0.2) is 25.6 Å². The highest BCUT2D eigenvalue weighted by molar-refractivity contribution is 5.86. The SMILES string of the molecule is CCc1cc(OCc2ccc(-c3ccccc3-c3nnn[nH]3)cc2)c2cc(C#N)ccc2n1.Cl. The minimum absolute atomic E-state index is 0. The summed E-state index contributed by atoms with van der Waals surface area (Å²) < 4.78 is 6.19. The van der Waals surface area contributed by atoms with Gasteiger partial charge in [-0.15, -0.1) is 17.5 Å². The standard InChI is InChI=1S/C26H20N6O.ClH/c1-2-20-14-25(23-13-18(15-27)9-12-24(23)28-20)33-16-17-7-10-19(11-8-17)21-5-3-4-6-22(21)26-29-31-32-30-26;/h3-14H,2,16H2,1H3,(H,29,30,31,32);1H. The highest BCUT2D eigenvalue weighted by Gasteiger charge is 2.11. The Morgan fingerprint density at radius 3 is 2.47 bits per heavy atom. The molecule has 5 aromatic rings. The van der Waals surface area contributed by atoms with Crippen molar-refractivity contribution in [3.8, 4) is 34.3 Å². The van der Waals surface area contributed by atoms with Crippen molar-refractivity contribution in [2.24, 2.45) is 0 Å². The van der Waals surface area contributed by atoms with Gasteiger partial charge in [0.25, 0.3) is 0 Å². The van der Waals surface area contributed by atoms with Crippen LogP contribution in [0.1, 0.15) is 23.7 Å². The minimum Gasteiger partial charge on any atom is -0.488 e. The number of aryl methyl sites for hydroxylation is 1. The van der Waals surface area contributed by atoms with E-state index in [4.69, 9.17) is 4.74 Å². The van der Waals surface area contributed by atoms with Crippen LogP contribution in [0, 0.1) is 11.3 Å². The van der Waals surface area contributed by atoms with Gasteiger partial charge in [0.05, 0.1) is 17.1 Å². The van der Waals surface area contributed by atoms with Gasteiger partial charge in [-0.1, -0.05) is 55.5 Å². The molecule has 0 spiro atoms. The molecule has 5 rings (SSSR count). The van der Waals surface area contributed by atoms with E-state index in [2.05, 4.69) is 62.9 Å². The van der Waals surface area contributed by atoms with Gasteiger partial charge in [0, 0.05) is 22.7 Å². The van der Waals surface area contributed by atoms with E-state index in [1.54, 1.807) is 6.07 Å². The number of ether oxygens (including phenoxy) is 1. The van der Waals surface area contributed by atoms with Gasteiger partial charge < -0.3 is 4.74 Å². The van der Waals surface area contributed by atoms with E-state index in [0.29, 0.717) is 18.0 Å². The Morgan fingerprint density at radius 1 is 0.971 bits per heavy atom. The summed E-state index contributed by atoms with van der Waals surface area (Å²) in [5, 5.41) is 24.4. The van der Waals surface area contributed by atoms with Crippen molar-refractivity contribution in [2.45, 2.75) is 20.0 Å². The zero-order valence-electron chi connectivity index (χ0n) is 18.4. The van der Waals surface area contributed by atoms with E-state index in [1.165, 1.54) is 0 Å². The molecule has 8 heteroatoms. The zero-order valence-corrected chi connectivity index (χ0v) is 19.2. The molecule has 34 heavy (non-hydrogen) atoms. The fraction of sp³-hybridized carbons (Fsp3) is 0.115. The van der Waals surface area contributed by atoms with Crippen molar-refractivity contribution in [3.05, 3.63) is 89.6 Å². The molecule has 0 aliphatic carbocycles. The molecule has 0 bridgehead atoms. The number of rotatable bonds is 6. The zero-order chi connectivity index (χ0) is 22.6. The Bertz CT molecular complexity index is 1460. The average Bonchev–Trinajstić information content (AvgIpc) is 3.42. The van der Waals surface area contributed by atoms with E-state index in [1.807, 2.05) is 42.5 Å². The second-order valence-corrected chi connectivity index (χ2v) is 7.59. The van der Waals surface area contributed by atoms with E-state index in [0.717, 1.165) is 51.0 Å². The molecule has 0 aliphatic heterocycles. The summed E-state index contributed by atoms with van der Waals surface area (Å²) in [5.41, 5.74) is 6.45. The third kappa shape index (κ3) is 4.58. The molecule has 0 atom stereocenters. The lowest BCUT2D eigenvalue weighted by Crippen LogP contribution is -1.99. The molecule has 2 heterocycles. The Balaban J connectivity index is 0.00000274. The van der Waals surface area contributed by atoms with Gasteiger partial charge in [0.1, 0.15) is 12.4 Å². The van der Waals surface area contributed by atoms with E-state index in [-0.39, 0.29) is 12.4 Å². The number of benzene rings is 3. The first kappa shape index (κ1) is 22.9. The summed E-state index contributed by atoms with van der Waals surface area (Å²) in [6, 6.07) is 25.9. The van der Waals surface area contributed by atoms with Gasteiger partial charge in [-0.05, 0) is 51.7 Å². The highest BCUT2D eigenvalue weighted by atomic mass is 35.5. The number of pyridine rings is 1. The Morgan fingerprint density at radius 2 is 1.76 bits per heavy atom. The van der Waals surface area contributed by atoms with Gasteiger partial charge in [-0.25, -0.2) is 5.10 Å². The van der Waals surface area contributed by atoms with Gasteiger partial charge in [-0.2, -0.15) is 5.26 Å². The first-order valence-corrected chi connectivity index (χ1v) is 10.6. The third-order valence-corrected chi connectivity index (χ3v) is 5.50. The number of nitriles is 1. The van der Waals surface area contributed by atoms with Crippen LogP contribution in [0.15, 0.2) is 72.8 Å². The predicted molar refractivity (Wildman–Crippen MR) is 132 cm³/mol. The van der Waals surface area contributed by atoms with Crippen LogP contribution in [0.25, 0.3) is 33.4 Å². The van der Waals surface area contributed by atoms with Gasteiger partial charge >= 0.3 is 0 Å². The van der Waals surface area contributed by atoms with Crippen LogP contribution in [0.4, 0.5) is 0 Å². The molecule has 2 aromatic heterocycles. The number of hydrogen-bond acceptors (Lipinski definition) is 6. The fourth-order valence-electron chi connectivity index (χ4n) is 3.77. The Kier molecular flexibility index (Phi) is 6.81. The summed E-state index contributed by atoms with van der Waals surface area (Å²) in [6.45, 7) is 2.47. The van der Waals surface area contributed by atoms with Crippen LogP contribution in [-0.2, 0) is 13.0 Å². The number of aromatic amines is 1. The van der Waals surface area contributed by atoms with Crippen molar-refractivity contribution < 1.29 is 4.74 Å². The molecule has 168 valence electrons. The summed E-state index contributed by atoms with van der Waals surface area (Å²) in [5.74, 6) is 1.37. The second-order valence-electron chi connectivity index (χ2n) is 7.59. The maximum absolute atomic E-state index is 9.27. The van der Waals surface area contributed by atoms with Crippen LogP contribution in [0.2, 0.25) is 0 Å². The highest BCUT2D eigenvalue weighted by Crippen LogP contribution is 2.31. The number of H-pyrrole nitrogens is 1. The average molecular weight is 469 g/mol. The monoisotopic (exact) mass is 468 g/mol. The molecule has 0 aliphatic rings. The smallest absolute Gasteiger partial charge is 0.180 e. The summed E-state index contributed by atoms with van der Waals surface area (Å²) in [6.07, 6.45) is 0.807. The number of hydrogen-bond donors (Lipinski definition) is 1. The first-order chi connectivity index (χ1) is 16.2. The molecule has 0 saturated carbocycles. The lowest BCUT2D eigenvalue weighted by molar-refractivity contribution is 0.309. The Hall–Kier alpha value is -4.28. The molecule has 0 fully saturated rings. The molecule has 0 radical (unpaired) electrons. The van der Waals surface area contributed by atoms with Gasteiger partial charge in [-0.3, -0.25) is 4.98 Å². The predicted octanol–water partition coefficient (Wildman–Crippen LogP) is 5.52. The van der Waals surface area contributed by atoms with Crippen LogP contribution < -0.4 is 4.74 Å². The van der Waals surface area contributed by atoms with Crippen LogP contribution in [0.5, 0.6) is 5.75 Å². The lowest BCUT2D eigenvalue weighted by Gasteiger charge is -2.12.